The fourth-order valence-corrected chi connectivity index (χ4v) is 2.77. The second kappa shape index (κ2) is 5.56. The van der Waals surface area contributed by atoms with E-state index in [9.17, 15) is 0 Å². The van der Waals surface area contributed by atoms with Gasteiger partial charge < -0.3 is 10.2 Å². The molecule has 1 fully saturated rings. The largest absolute Gasteiger partial charge is 0.314 e. The Hall–Kier alpha value is -0.980. The highest BCUT2D eigenvalue weighted by molar-refractivity contribution is 9.10. The van der Waals surface area contributed by atoms with Crippen molar-refractivity contribution in [2.75, 3.05) is 32.7 Å². The van der Waals surface area contributed by atoms with Crippen LogP contribution in [-0.4, -0.2) is 52.2 Å². The van der Waals surface area contributed by atoms with Crippen LogP contribution in [0.2, 0.25) is 0 Å². The number of nitrogens with one attached hydrogen (secondary N) is 1. The van der Waals surface area contributed by atoms with Gasteiger partial charge in [-0.05, 0) is 28.1 Å². The van der Waals surface area contributed by atoms with E-state index in [-0.39, 0.29) is 0 Å². The van der Waals surface area contributed by atoms with Crippen molar-refractivity contribution >= 4 is 21.6 Å². The predicted molar refractivity (Wildman–Crippen MR) is 78.4 cm³/mol. The van der Waals surface area contributed by atoms with Crippen molar-refractivity contribution in [2.24, 2.45) is 0 Å². The molecule has 1 saturated heterocycles. The molecule has 2 aromatic heterocycles. The zero-order chi connectivity index (χ0) is 13.2. The summed E-state index contributed by atoms with van der Waals surface area (Å²) >= 11 is 3.45. The van der Waals surface area contributed by atoms with Gasteiger partial charge in [-0.1, -0.05) is 6.92 Å². The molecule has 1 atom stereocenters. The molecule has 1 unspecified atom stereocenters. The first-order valence-electron chi connectivity index (χ1n) is 6.67. The summed E-state index contributed by atoms with van der Waals surface area (Å²) in [7, 11) is 0. The Morgan fingerprint density at radius 2 is 2.16 bits per heavy atom. The summed E-state index contributed by atoms with van der Waals surface area (Å²) in [4.78, 5) is 7.08. The van der Waals surface area contributed by atoms with E-state index in [0.29, 0.717) is 5.92 Å². The third-order valence-electron chi connectivity index (χ3n) is 3.49. The average Bonchev–Trinajstić information content (AvgIpc) is 2.83. The molecule has 0 saturated carbocycles. The fraction of sp³-hybridized carbons (Fsp3) is 0.538. The first kappa shape index (κ1) is 13.0. The van der Waals surface area contributed by atoms with Crippen LogP contribution in [0.4, 0.5) is 0 Å². The van der Waals surface area contributed by atoms with E-state index < -0.39 is 0 Å². The summed E-state index contributed by atoms with van der Waals surface area (Å²) in [6.45, 7) is 7.62. The highest BCUT2D eigenvalue weighted by Crippen LogP contribution is 2.16. The van der Waals surface area contributed by atoms with Gasteiger partial charge >= 0.3 is 0 Å². The molecule has 2 aromatic rings. The van der Waals surface area contributed by atoms with E-state index in [1.165, 1.54) is 0 Å². The lowest BCUT2D eigenvalue weighted by Crippen LogP contribution is -2.44. The molecule has 0 bridgehead atoms. The summed E-state index contributed by atoms with van der Waals surface area (Å²) in [5.41, 5.74) is 0.908. The number of nitrogens with zero attached hydrogens (tertiary/aromatic N) is 4. The molecule has 1 N–H and O–H groups in total. The van der Waals surface area contributed by atoms with Gasteiger partial charge in [0.25, 0.3) is 0 Å². The zero-order valence-corrected chi connectivity index (χ0v) is 12.6. The number of hydrogen-bond acceptors (Lipinski definition) is 4. The summed E-state index contributed by atoms with van der Waals surface area (Å²) in [6.07, 6.45) is 1.95. The van der Waals surface area contributed by atoms with Gasteiger partial charge in [-0.3, -0.25) is 0 Å². The minimum atomic E-state index is 0.358. The molecule has 1 aliphatic rings. The molecule has 102 valence electrons. The minimum Gasteiger partial charge on any atom is -0.314 e. The van der Waals surface area contributed by atoms with E-state index in [1.54, 1.807) is 0 Å². The van der Waals surface area contributed by atoms with Crippen molar-refractivity contribution in [3.05, 3.63) is 28.6 Å². The first-order chi connectivity index (χ1) is 9.22. The van der Waals surface area contributed by atoms with Crippen LogP contribution in [0.1, 0.15) is 18.7 Å². The second-order valence-corrected chi connectivity index (χ2v) is 5.99. The average molecular weight is 324 g/mol. The quantitative estimate of drug-likeness (QED) is 0.929. The molecular formula is C13H18BrN5. The van der Waals surface area contributed by atoms with E-state index in [1.807, 2.05) is 22.8 Å². The summed E-state index contributed by atoms with van der Waals surface area (Å²) < 4.78 is 2.86. The summed E-state index contributed by atoms with van der Waals surface area (Å²) in [6, 6.07) is 3.98. The van der Waals surface area contributed by atoms with Gasteiger partial charge in [0.15, 0.2) is 11.5 Å². The maximum absolute atomic E-state index is 4.61. The van der Waals surface area contributed by atoms with E-state index in [4.69, 9.17) is 0 Å². The molecule has 1 aliphatic heterocycles. The molecule has 19 heavy (non-hydrogen) atoms. The van der Waals surface area contributed by atoms with E-state index in [2.05, 4.69) is 43.2 Å². The van der Waals surface area contributed by atoms with Crippen molar-refractivity contribution in [2.45, 2.75) is 12.8 Å². The highest BCUT2D eigenvalue weighted by Gasteiger charge is 2.17. The van der Waals surface area contributed by atoms with Gasteiger partial charge in [0.1, 0.15) is 0 Å². The third-order valence-corrected chi connectivity index (χ3v) is 3.96. The van der Waals surface area contributed by atoms with Crippen LogP contribution in [-0.2, 0) is 0 Å². The number of aromatic nitrogens is 3. The molecule has 0 aliphatic carbocycles. The van der Waals surface area contributed by atoms with Crippen LogP contribution in [0, 0.1) is 0 Å². The molecule has 0 spiro atoms. The number of fused-ring (bicyclic) bond motifs is 1. The van der Waals surface area contributed by atoms with Crippen LogP contribution in [0.3, 0.4) is 0 Å². The molecule has 6 heteroatoms. The van der Waals surface area contributed by atoms with Gasteiger partial charge in [-0.15, -0.1) is 0 Å². The molecule has 0 radical (unpaired) electrons. The van der Waals surface area contributed by atoms with Gasteiger partial charge in [-0.2, -0.15) is 5.10 Å². The van der Waals surface area contributed by atoms with E-state index >= 15 is 0 Å². The lowest BCUT2D eigenvalue weighted by atomic mass is 10.1. The zero-order valence-electron chi connectivity index (χ0n) is 11.0. The van der Waals surface area contributed by atoms with Crippen molar-refractivity contribution in [1.29, 1.82) is 0 Å². The number of rotatable bonds is 3. The lowest BCUT2D eigenvalue weighted by molar-refractivity contribution is 0.228. The molecule has 5 nitrogen and oxygen atoms in total. The topological polar surface area (TPSA) is 45.5 Å². The van der Waals surface area contributed by atoms with Crippen LogP contribution >= 0.6 is 15.9 Å². The summed E-state index contributed by atoms with van der Waals surface area (Å²) in [5.74, 6) is 1.29. The Kier molecular flexibility index (Phi) is 3.81. The molecule has 3 heterocycles. The van der Waals surface area contributed by atoms with E-state index in [0.717, 1.165) is 48.7 Å². The molecule has 0 amide bonds. The monoisotopic (exact) mass is 323 g/mol. The number of hydrogen-bond donors (Lipinski definition) is 1. The molecular weight excluding hydrogens is 306 g/mol. The lowest BCUT2D eigenvalue weighted by Gasteiger charge is -2.28. The van der Waals surface area contributed by atoms with Crippen molar-refractivity contribution in [3.8, 4) is 0 Å². The molecule has 3 rings (SSSR count). The number of piperazine rings is 1. The Balaban J connectivity index is 1.75. The Morgan fingerprint density at radius 1 is 1.37 bits per heavy atom. The number of halogens is 1. The van der Waals surface area contributed by atoms with Crippen molar-refractivity contribution in [3.63, 3.8) is 0 Å². The van der Waals surface area contributed by atoms with Crippen LogP contribution in [0.25, 0.3) is 5.65 Å². The maximum atomic E-state index is 4.61. The van der Waals surface area contributed by atoms with Crippen LogP contribution in [0.5, 0.6) is 0 Å². The Morgan fingerprint density at radius 3 is 2.95 bits per heavy atom. The number of pyridine rings is 1. The SMILES string of the molecule is CC(CN1CCNCC1)c1nc2ccc(Br)cn2n1. The summed E-state index contributed by atoms with van der Waals surface area (Å²) in [5, 5.41) is 7.95. The van der Waals surface area contributed by atoms with Gasteiger partial charge in [-0.25, -0.2) is 9.50 Å². The van der Waals surface area contributed by atoms with Gasteiger partial charge in [0.05, 0.1) is 0 Å². The normalized spacial score (nSPS) is 18.8. The molecule has 0 aromatic carbocycles. The Bertz CT molecular complexity index is 561. The van der Waals surface area contributed by atoms with Crippen molar-refractivity contribution in [1.82, 2.24) is 24.8 Å². The highest BCUT2D eigenvalue weighted by atomic mass is 79.9. The second-order valence-electron chi connectivity index (χ2n) is 5.07. The van der Waals surface area contributed by atoms with Crippen LogP contribution < -0.4 is 5.32 Å². The maximum Gasteiger partial charge on any atom is 0.155 e. The third kappa shape index (κ3) is 2.96. The minimum absolute atomic E-state index is 0.358. The van der Waals surface area contributed by atoms with Gasteiger partial charge in [0.2, 0.25) is 0 Å². The standard InChI is InChI=1S/C13H18BrN5/c1-10(8-18-6-4-15-5-7-18)13-16-12-3-2-11(14)9-19(12)17-13/h2-3,9-10,15H,4-8H2,1H3. The van der Waals surface area contributed by atoms with Crippen LogP contribution in [0.15, 0.2) is 22.8 Å². The van der Waals surface area contributed by atoms with Gasteiger partial charge in [0, 0.05) is 49.3 Å². The fourth-order valence-electron chi connectivity index (χ4n) is 2.45. The Labute approximate surface area is 121 Å². The first-order valence-corrected chi connectivity index (χ1v) is 7.46. The predicted octanol–water partition coefficient (Wildman–Crippen LogP) is 1.50. The van der Waals surface area contributed by atoms with Crippen molar-refractivity contribution < 1.29 is 0 Å². The smallest absolute Gasteiger partial charge is 0.155 e.